The monoisotopic (exact) mass is 424 g/mol. The molecule has 1 aromatic carbocycles. The van der Waals surface area contributed by atoms with Gasteiger partial charge in [0.1, 0.15) is 5.82 Å². The Balaban J connectivity index is 1.64. The number of hydrogen-bond donors (Lipinski definition) is 1. The van der Waals surface area contributed by atoms with Crippen LogP contribution in [0.25, 0.3) is 0 Å². The Labute approximate surface area is 170 Å². The number of carbonyl (C=O) groups excluding carboxylic acids is 1. The molecule has 1 atom stereocenters. The lowest BCUT2D eigenvalue weighted by Gasteiger charge is -2.26. The van der Waals surface area contributed by atoms with Crippen molar-refractivity contribution in [2.75, 3.05) is 29.9 Å². The van der Waals surface area contributed by atoms with Gasteiger partial charge in [-0.05, 0) is 31.0 Å². The van der Waals surface area contributed by atoms with E-state index in [0.29, 0.717) is 30.4 Å². The molecule has 1 N–H and O–H groups in total. The quantitative estimate of drug-likeness (QED) is 0.703. The van der Waals surface area contributed by atoms with Crippen LogP contribution in [-0.2, 0) is 21.2 Å². The zero-order valence-corrected chi connectivity index (χ0v) is 17.4. The number of aromatic nitrogens is 2. The maximum absolute atomic E-state index is 12.6. The van der Waals surface area contributed by atoms with E-state index in [1.54, 1.807) is 16.9 Å². The van der Waals surface area contributed by atoms with Gasteiger partial charge < -0.3 is 5.32 Å². The van der Waals surface area contributed by atoms with E-state index < -0.39 is 9.84 Å². The lowest BCUT2D eigenvalue weighted by molar-refractivity contribution is -0.117. The maximum atomic E-state index is 12.6. The van der Waals surface area contributed by atoms with Gasteiger partial charge in [-0.3, -0.25) is 9.69 Å². The average molecular weight is 425 g/mol. The molecular formula is C19H25ClN4O3S. The molecule has 2 heterocycles. The Kier molecular flexibility index (Phi) is 6.74. The predicted molar refractivity (Wildman–Crippen MR) is 110 cm³/mol. The van der Waals surface area contributed by atoms with Crippen LogP contribution in [0.15, 0.2) is 36.5 Å². The Morgan fingerprint density at radius 2 is 2.14 bits per heavy atom. The van der Waals surface area contributed by atoms with E-state index in [9.17, 15) is 13.2 Å². The molecule has 1 fully saturated rings. The molecule has 3 rings (SSSR count). The van der Waals surface area contributed by atoms with Gasteiger partial charge in [0.05, 0.1) is 30.8 Å². The fourth-order valence-corrected chi connectivity index (χ4v) is 5.42. The van der Waals surface area contributed by atoms with Crippen LogP contribution in [0.4, 0.5) is 5.82 Å². The molecule has 0 bridgehead atoms. The predicted octanol–water partition coefficient (Wildman–Crippen LogP) is 2.42. The second-order valence-corrected chi connectivity index (χ2v) is 9.68. The number of nitrogens with one attached hydrogen (secondary N) is 1. The Hall–Kier alpha value is -1.90. The van der Waals surface area contributed by atoms with Gasteiger partial charge in [-0.25, -0.2) is 13.1 Å². The van der Waals surface area contributed by atoms with Crippen molar-refractivity contribution in [3.63, 3.8) is 0 Å². The number of anilines is 1. The van der Waals surface area contributed by atoms with Crippen molar-refractivity contribution in [3.05, 3.63) is 47.1 Å². The summed E-state index contributed by atoms with van der Waals surface area (Å²) in [6, 6.07) is 9.14. The van der Waals surface area contributed by atoms with E-state index in [-0.39, 0.29) is 30.0 Å². The number of amides is 1. The SMILES string of the molecule is CCCN(CC(=O)Nc1ccnn1Cc1ccccc1Cl)C1CCS(=O)(=O)C1. The zero-order valence-electron chi connectivity index (χ0n) is 15.8. The summed E-state index contributed by atoms with van der Waals surface area (Å²) in [5.74, 6) is 0.730. The van der Waals surface area contributed by atoms with Crippen molar-refractivity contribution in [2.45, 2.75) is 32.4 Å². The van der Waals surface area contributed by atoms with Gasteiger partial charge in [-0.15, -0.1) is 0 Å². The minimum absolute atomic E-state index is 0.0938. The summed E-state index contributed by atoms with van der Waals surface area (Å²) in [6.07, 6.45) is 3.06. The third kappa shape index (κ3) is 5.33. The van der Waals surface area contributed by atoms with Crippen LogP contribution in [0.3, 0.4) is 0 Å². The van der Waals surface area contributed by atoms with E-state index in [0.717, 1.165) is 12.0 Å². The normalized spacial score (nSPS) is 18.5. The molecule has 28 heavy (non-hydrogen) atoms. The minimum Gasteiger partial charge on any atom is -0.310 e. The molecule has 0 aliphatic carbocycles. The molecule has 7 nitrogen and oxygen atoms in total. The number of carbonyl (C=O) groups is 1. The largest absolute Gasteiger partial charge is 0.310 e. The molecular weight excluding hydrogens is 400 g/mol. The van der Waals surface area contributed by atoms with Crippen molar-refractivity contribution < 1.29 is 13.2 Å². The molecule has 1 aromatic heterocycles. The van der Waals surface area contributed by atoms with Gasteiger partial charge >= 0.3 is 0 Å². The van der Waals surface area contributed by atoms with Crippen molar-refractivity contribution in [1.82, 2.24) is 14.7 Å². The van der Waals surface area contributed by atoms with E-state index >= 15 is 0 Å². The molecule has 1 aliphatic heterocycles. The standard InChI is InChI=1S/C19H25ClN4O3S/c1-2-10-23(16-8-11-28(26,27)14-16)13-19(25)22-18-7-9-21-24(18)12-15-5-3-4-6-17(15)20/h3-7,9,16H,2,8,10-14H2,1H3,(H,22,25). The van der Waals surface area contributed by atoms with Gasteiger partial charge in [0.15, 0.2) is 9.84 Å². The topological polar surface area (TPSA) is 84.3 Å². The van der Waals surface area contributed by atoms with E-state index in [1.165, 1.54) is 0 Å². The summed E-state index contributed by atoms with van der Waals surface area (Å²) in [5.41, 5.74) is 0.909. The van der Waals surface area contributed by atoms with E-state index in [1.807, 2.05) is 36.1 Å². The molecule has 1 amide bonds. The zero-order chi connectivity index (χ0) is 20.1. The van der Waals surface area contributed by atoms with Gasteiger partial charge in [0.25, 0.3) is 0 Å². The Morgan fingerprint density at radius 3 is 2.82 bits per heavy atom. The van der Waals surface area contributed by atoms with Gasteiger partial charge in [0.2, 0.25) is 5.91 Å². The van der Waals surface area contributed by atoms with Crippen LogP contribution in [0, 0.1) is 0 Å². The maximum Gasteiger partial charge on any atom is 0.239 e. The van der Waals surface area contributed by atoms with Gasteiger partial charge in [0, 0.05) is 17.1 Å². The number of hydrogen-bond acceptors (Lipinski definition) is 5. The Morgan fingerprint density at radius 1 is 1.36 bits per heavy atom. The van der Waals surface area contributed by atoms with Crippen molar-refractivity contribution in [2.24, 2.45) is 0 Å². The van der Waals surface area contributed by atoms with Gasteiger partial charge in [-0.2, -0.15) is 5.10 Å². The first kappa shape index (κ1) is 20.8. The lowest BCUT2D eigenvalue weighted by Crippen LogP contribution is -2.42. The van der Waals surface area contributed by atoms with E-state index in [4.69, 9.17) is 11.6 Å². The summed E-state index contributed by atoms with van der Waals surface area (Å²) < 4.78 is 25.3. The second kappa shape index (κ2) is 9.07. The lowest BCUT2D eigenvalue weighted by atomic mass is 10.2. The van der Waals surface area contributed by atoms with Crippen molar-refractivity contribution in [3.8, 4) is 0 Å². The molecule has 0 radical (unpaired) electrons. The molecule has 1 unspecified atom stereocenters. The highest BCUT2D eigenvalue weighted by Gasteiger charge is 2.32. The van der Waals surface area contributed by atoms with E-state index in [2.05, 4.69) is 10.4 Å². The third-order valence-electron chi connectivity index (χ3n) is 4.84. The molecule has 2 aromatic rings. The third-order valence-corrected chi connectivity index (χ3v) is 6.96. The number of sulfone groups is 1. The highest BCUT2D eigenvalue weighted by molar-refractivity contribution is 7.91. The van der Waals surface area contributed by atoms with Crippen LogP contribution >= 0.6 is 11.6 Å². The fourth-order valence-electron chi connectivity index (χ4n) is 3.46. The molecule has 0 saturated carbocycles. The molecule has 9 heteroatoms. The Bertz CT molecular complexity index is 929. The summed E-state index contributed by atoms with van der Waals surface area (Å²) >= 11 is 6.21. The first-order valence-corrected chi connectivity index (χ1v) is 11.6. The van der Waals surface area contributed by atoms with Crippen LogP contribution in [0.1, 0.15) is 25.3 Å². The number of rotatable bonds is 8. The molecule has 0 spiro atoms. The summed E-state index contributed by atoms with van der Waals surface area (Å²) in [7, 11) is -2.99. The number of benzene rings is 1. The van der Waals surface area contributed by atoms with Crippen molar-refractivity contribution >= 4 is 33.2 Å². The van der Waals surface area contributed by atoms with Crippen LogP contribution in [-0.4, -0.2) is 59.6 Å². The summed E-state index contributed by atoms with van der Waals surface area (Å²) in [5, 5.41) is 7.80. The number of halogens is 1. The van der Waals surface area contributed by atoms with Crippen LogP contribution in [0.5, 0.6) is 0 Å². The van der Waals surface area contributed by atoms with Crippen LogP contribution in [0.2, 0.25) is 5.02 Å². The molecule has 1 saturated heterocycles. The molecule has 1 aliphatic rings. The minimum atomic E-state index is -2.99. The van der Waals surface area contributed by atoms with Gasteiger partial charge in [-0.1, -0.05) is 36.7 Å². The first-order valence-electron chi connectivity index (χ1n) is 9.37. The smallest absolute Gasteiger partial charge is 0.239 e. The first-order chi connectivity index (χ1) is 13.4. The fraction of sp³-hybridized carbons (Fsp3) is 0.474. The highest BCUT2D eigenvalue weighted by atomic mass is 35.5. The molecule has 152 valence electrons. The average Bonchev–Trinajstić information content (AvgIpc) is 3.22. The number of nitrogens with zero attached hydrogens (tertiary/aromatic N) is 3. The van der Waals surface area contributed by atoms with Crippen LogP contribution < -0.4 is 5.32 Å². The summed E-state index contributed by atoms with van der Waals surface area (Å²) in [6.45, 7) is 3.31. The second-order valence-electron chi connectivity index (χ2n) is 7.04. The highest BCUT2D eigenvalue weighted by Crippen LogP contribution is 2.20. The van der Waals surface area contributed by atoms with Crippen molar-refractivity contribution in [1.29, 1.82) is 0 Å². The summed E-state index contributed by atoms with van der Waals surface area (Å²) in [4.78, 5) is 14.6.